The van der Waals surface area contributed by atoms with Gasteiger partial charge in [-0.3, -0.25) is 19.2 Å². The van der Waals surface area contributed by atoms with Crippen LogP contribution in [0, 0.1) is 0 Å². The Morgan fingerprint density at radius 3 is 2.35 bits per heavy atom. The van der Waals surface area contributed by atoms with E-state index in [9.17, 15) is 29.1 Å². The summed E-state index contributed by atoms with van der Waals surface area (Å²) < 4.78 is 0. The van der Waals surface area contributed by atoms with Crippen molar-refractivity contribution in [2.75, 3.05) is 13.1 Å². The topological polar surface area (TPSA) is 165 Å². The SMILES string of the molecule is O=C(O)CC(NC(=O)C(Cc1ccccc1)NC(=O)C1CCCN1C(=O)C1CCCN1)C(=O)O. The fourth-order valence-electron chi connectivity index (χ4n) is 4.37. The van der Waals surface area contributed by atoms with E-state index in [0.717, 1.165) is 18.5 Å². The molecule has 0 spiro atoms. The molecule has 11 nitrogen and oxygen atoms in total. The first kappa shape index (κ1) is 25.2. The number of carbonyl (C=O) groups excluding carboxylic acids is 3. The molecular weight excluding hydrogens is 444 g/mol. The lowest BCUT2D eigenvalue weighted by molar-refractivity contribution is -0.147. The molecule has 4 atom stereocenters. The zero-order valence-electron chi connectivity index (χ0n) is 18.7. The molecule has 11 heteroatoms. The molecule has 0 aromatic heterocycles. The van der Waals surface area contributed by atoms with E-state index in [1.807, 2.05) is 0 Å². The van der Waals surface area contributed by atoms with Crippen molar-refractivity contribution in [1.82, 2.24) is 20.9 Å². The van der Waals surface area contributed by atoms with Crippen molar-refractivity contribution in [3.8, 4) is 0 Å². The van der Waals surface area contributed by atoms with Gasteiger partial charge in [0.15, 0.2) is 0 Å². The molecule has 0 bridgehead atoms. The van der Waals surface area contributed by atoms with E-state index in [4.69, 9.17) is 5.11 Å². The number of hydrogen-bond acceptors (Lipinski definition) is 6. The number of rotatable bonds is 10. The maximum Gasteiger partial charge on any atom is 0.326 e. The average Bonchev–Trinajstić information content (AvgIpc) is 3.50. The van der Waals surface area contributed by atoms with Crippen molar-refractivity contribution < 1.29 is 34.2 Å². The summed E-state index contributed by atoms with van der Waals surface area (Å²) in [6.45, 7) is 1.20. The molecule has 34 heavy (non-hydrogen) atoms. The third-order valence-corrected chi connectivity index (χ3v) is 6.11. The first-order valence-corrected chi connectivity index (χ1v) is 11.4. The van der Waals surface area contributed by atoms with Gasteiger partial charge in [-0.1, -0.05) is 30.3 Å². The highest BCUT2D eigenvalue weighted by Crippen LogP contribution is 2.21. The molecule has 2 fully saturated rings. The minimum Gasteiger partial charge on any atom is -0.481 e. The van der Waals surface area contributed by atoms with Gasteiger partial charge in [-0.15, -0.1) is 0 Å². The van der Waals surface area contributed by atoms with Gasteiger partial charge < -0.3 is 31.1 Å². The standard InChI is InChI=1S/C23H30N4O7/c28-19(29)13-17(23(33)34)26-20(30)16(12-14-6-2-1-3-7-14)25-21(31)18-9-5-11-27(18)22(32)15-8-4-10-24-15/h1-3,6-7,15-18,24H,4-5,8-13H2,(H,25,31)(H,26,30)(H,28,29)(H,33,34). The average molecular weight is 475 g/mol. The van der Waals surface area contributed by atoms with Gasteiger partial charge in [-0.05, 0) is 37.8 Å². The number of nitrogens with one attached hydrogen (secondary N) is 3. The van der Waals surface area contributed by atoms with Crippen LogP contribution >= 0.6 is 0 Å². The van der Waals surface area contributed by atoms with Crippen molar-refractivity contribution >= 4 is 29.7 Å². The Balaban J connectivity index is 1.74. The molecule has 5 N–H and O–H groups in total. The van der Waals surface area contributed by atoms with Crippen molar-refractivity contribution in [2.24, 2.45) is 0 Å². The van der Waals surface area contributed by atoms with E-state index in [1.54, 1.807) is 35.2 Å². The highest BCUT2D eigenvalue weighted by Gasteiger charge is 2.39. The summed E-state index contributed by atoms with van der Waals surface area (Å²) in [7, 11) is 0. The largest absolute Gasteiger partial charge is 0.481 e. The number of likely N-dealkylation sites (tertiary alicyclic amines) is 1. The third-order valence-electron chi connectivity index (χ3n) is 6.11. The van der Waals surface area contributed by atoms with Crippen LogP contribution < -0.4 is 16.0 Å². The Morgan fingerprint density at radius 1 is 1.00 bits per heavy atom. The quantitative estimate of drug-likeness (QED) is 0.303. The Labute approximate surface area is 196 Å². The second-order valence-corrected chi connectivity index (χ2v) is 8.59. The lowest BCUT2D eigenvalue weighted by Crippen LogP contribution is -2.57. The highest BCUT2D eigenvalue weighted by molar-refractivity contribution is 5.95. The fraction of sp³-hybridized carbons (Fsp3) is 0.522. The normalized spacial score (nSPS) is 21.5. The zero-order valence-corrected chi connectivity index (χ0v) is 18.7. The first-order valence-electron chi connectivity index (χ1n) is 11.4. The number of amides is 3. The molecule has 2 heterocycles. The van der Waals surface area contributed by atoms with Crippen molar-refractivity contribution in [3.05, 3.63) is 35.9 Å². The van der Waals surface area contributed by atoms with Crippen LogP contribution in [-0.4, -0.2) is 82.0 Å². The highest BCUT2D eigenvalue weighted by atomic mass is 16.4. The van der Waals surface area contributed by atoms with E-state index < -0.39 is 48.3 Å². The van der Waals surface area contributed by atoms with E-state index in [2.05, 4.69) is 16.0 Å². The first-order chi connectivity index (χ1) is 16.3. The van der Waals surface area contributed by atoms with E-state index in [1.165, 1.54) is 0 Å². The minimum atomic E-state index is -1.64. The van der Waals surface area contributed by atoms with Crippen LogP contribution in [0.4, 0.5) is 0 Å². The van der Waals surface area contributed by atoms with Crippen LogP contribution in [0.25, 0.3) is 0 Å². The number of carbonyl (C=O) groups is 5. The van der Waals surface area contributed by atoms with Gasteiger partial charge in [0.25, 0.3) is 0 Å². The van der Waals surface area contributed by atoms with Crippen molar-refractivity contribution in [3.63, 3.8) is 0 Å². The van der Waals surface area contributed by atoms with Gasteiger partial charge in [0.1, 0.15) is 18.1 Å². The van der Waals surface area contributed by atoms with Gasteiger partial charge in [-0.25, -0.2) is 4.79 Å². The lowest BCUT2D eigenvalue weighted by atomic mass is 10.0. The minimum absolute atomic E-state index is 0.0721. The zero-order chi connectivity index (χ0) is 24.7. The molecule has 1 aromatic rings. The summed E-state index contributed by atoms with van der Waals surface area (Å²) in [5.41, 5.74) is 0.725. The van der Waals surface area contributed by atoms with E-state index in [-0.39, 0.29) is 18.4 Å². The number of aliphatic carboxylic acids is 2. The molecule has 0 saturated carbocycles. The molecule has 3 rings (SSSR count). The summed E-state index contributed by atoms with van der Waals surface area (Å²) in [6, 6.07) is 5.02. The summed E-state index contributed by atoms with van der Waals surface area (Å²) in [5, 5.41) is 26.3. The van der Waals surface area contributed by atoms with Crippen LogP contribution in [0.15, 0.2) is 30.3 Å². The van der Waals surface area contributed by atoms with Crippen LogP contribution in [0.1, 0.15) is 37.7 Å². The molecule has 0 aliphatic carbocycles. The van der Waals surface area contributed by atoms with Crippen LogP contribution in [0.3, 0.4) is 0 Å². The van der Waals surface area contributed by atoms with Gasteiger partial charge in [-0.2, -0.15) is 0 Å². The number of hydrogen-bond donors (Lipinski definition) is 5. The number of nitrogens with zero attached hydrogens (tertiary/aromatic N) is 1. The van der Waals surface area contributed by atoms with Gasteiger partial charge in [0, 0.05) is 13.0 Å². The van der Waals surface area contributed by atoms with Crippen LogP contribution in [0.2, 0.25) is 0 Å². The molecule has 184 valence electrons. The maximum atomic E-state index is 13.2. The molecule has 0 radical (unpaired) electrons. The van der Waals surface area contributed by atoms with Gasteiger partial charge >= 0.3 is 11.9 Å². The second-order valence-electron chi connectivity index (χ2n) is 8.59. The lowest BCUT2D eigenvalue weighted by Gasteiger charge is -2.28. The van der Waals surface area contributed by atoms with Gasteiger partial charge in [0.05, 0.1) is 12.5 Å². The number of carboxylic acid groups (broad SMARTS) is 2. The maximum absolute atomic E-state index is 13.2. The van der Waals surface area contributed by atoms with E-state index >= 15 is 0 Å². The van der Waals surface area contributed by atoms with Crippen molar-refractivity contribution in [1.29, 1.82) is 0 Å². The Morgan fingerprint density at radius 2 is 1.74 bits per heavy atom. The smallest absolute Gasteiger partial charge is 0.326 e. The monoisotopic (exact) mass is 474 g/mol. The molecule has 2 aliphatic heterocycles. The summed E-state index contributed by atoms with van der Waals surface area (Å²) in [4.78, 5) is 62.9. The molecule has 3 amide bonds. The predicted octanol–water partition coefficient (Wildman–Crippen LogP) is -0.499. The van der Waals surface area contributed by atoms with Gasteiger partial charge in [0.2, 0.25) is 17.7 Å². The molecule has 4 unspecified atom stereocenters. The Hall–Kier alpha value is -3.47. The number of carboxylic acids is 2. The number of benzene rings is 1. The predicted molar refractivity (Wildman–Crippen MR) is 120 cm³/mol. The Bertz CT molecular complexity index is 917. The third kappa shape index (κ3) is 6.53. The van der Waals surface area contributed by atoms with Crippen LogP contribution in [0.5, 0.6) is 0 Å². The summed E-state index contributed by atoms with van der Waals surface area (Å²) in [5.74, 6) is -4.30. The molecule has 1 aromatic carbocycles. The van der Waals surface area contributed by atoms with E-state index in [0.29, 0.717) is 25.8 Å². The molecule has 2 saturated heterocycles. The molecular formula is C23H30N4O7. The van der Waals surface area contributed by atoms with Crippen molar-refractivity contribution in [2.45, 2.75) is 62.7 Å². The second kappa shape index (κ2) is 11.6. The van der Waals surface area contributed by atoms with Crippen LogP contribution in [-0.2, 0) is 30.4 Å². The summed E-state index contributed by atoms with van der Waals surface area (Å²) >= 11 is 0. The molecule has 2 aliphatic rings. The Kier molecular flexibility index (Phi) is 8.58. The summed E-state index contributed by atoms with van der Waals surface area (Å²) in [6.07, 6.45) is 1.99. The fourth-order valence-corrected chi connectivity index (χ4v) is 4.37.